The largest absolute Gasteiger partial charge is 0.383 e. The van der Waals surface area contributed by atoms with Gasteiger partial charge in [0.1, 0.15) is 5.82 Å². The molecule has 3 heterocycles. The first-order valence-corrected chi connectivity index (χ1v) is 8.41. The van der Waals surface area contributed by atoms with Crippen LogP contribution in [0.5, 0.6) is 0 Å². The summed E-state index contributed by atoms with van der Waals surface area (Å²) in [6.07, 6.45) is 2.69. The highest BCUT2D eigenvalue weighted by molar-refractivity contribution is 7.17. The third-order valence-electron chi connectivity index (χ3n) is 3.32. The van der Waals surface area contributed by atoms with Crippen molar-refractivity contribution >= 4 is 33.4 Å². The number of rotatable bonds is 7. The van der Waals surface area contributed by atoms with Crippen LogP contribution in [0, 0.1) is 5.82 Å². The normalized spacial score (nSPS) is 10.8. The molecule has 3 rings (SSSR count). The van der Waals surface area contributed by atoms with E-state index in [4.69, 9.17) is 4.74 Å². The standard InChI is InChI=1S/C16H16FN5O2S/c1-24-4-3-19-15(23)13-14-12(2-5-25-14)21-16(22-13)20-8-10-6-11(17)9-18-7-10/h2,5-7,9H,3-4,8H2,1H3,(H,19,23)(H,20,21,22). The summed E-state index contributed by atoms with van der Waals surface area (Å²) in [6, 6.07) is 3.20. The minimum Gasteiger partial charge on any atom is -0.383 e. The predicted octanol–water partition coefficient (Wildman–Crippen LogP) is 2.21. The average molecular weight is 361 g/mol. The van der Waals surface area contributed by atoms with E-state index in [0.29, 0.717) is 47.1 Å². The number of ether oxygens (including phenoxy) is 1. The minimum atomic E-state index is -0.410. The molecule has 25 heavy (non-hydrogen) atoms. The lowest BCUT2D eigenvalue weighted by Crippen LogP contribution is -2.28. The summed E-state index contributed by atoms with van der Waals surface area (Å²) in [6.45, 7) is 1.11. The van der Waals surface area contributed by atoms with E-state index in [9.17, 15) is 9.18 Å². The van der Waals surface area contributed by atoms with Gasteiger partial charge in [0, 0.05) is 26.4 Å². The molecule has 0 unspecified atom stereocenters. The van der Waals surface area contributed by atoms with Crippen molar-refractivity contribution in [1.82, 2.24) is 20.3 Å². The Kier molecular flexibility index (Phi) is 5.46. The number of amides is 1. The second-order valence-corrected chi connectivity index (χ2v) is 6.06. The number of pyridine rings is 1. The second-order valence-electron chi connectivity index (χ2n) is 5.14. The van der Waals surface area contributed by atoms with E-state index in [2.05, 4.69) is 25.6 Å². The molecular formula is C16H16FN5O2S. The van der Waals surface area contributed by atoms with Crippen LogP contribution in [0.1, 0.15) is 16.1 Å². The quantitative estimate of drug-likeness (QED) is 0.627. The fourth-order valence-corrected chi connectivity index (χ4v) is 3.00. The van der Waals surface area contributed by atoms with Crippen molar-refractivity contribution in [1.29, 1.82) is 0 Å². The molecule has 0 fully saturated rings. The molecule has 0 aliphatic heterocycles. The van der Waals surface area contributed by atoms with Gasteiger partial charge in [0.25, 0.3) is 5.91 Å². The van der Waals surface area contributed by atoms with Crippen molar-refractivity contribution in [2.75, 3.05) is 25.6 Å². The van der Waals surface area contributed by atoms with Crippen LogP contribution in [0.25, 0.3) is 10.2 Å². The van der Waals surface area contributed by atoms with Crippen LogP contribution >= 0.6 is 11.3 Å². The van der Waals surface area contributed by atoms with Gasteiger partial charge in [-0.3, -0.25) is 9.78 Å². The third-order valence-corrected chi connectivity index (χ3v) is 4.23. The number of carbonyl (C=O) groups is 1. The molecule has 0 radical (unpaired) electrons. The number of hydrogen-bond acceptors (Lipinski definition) is 7. The number of anilines is 1. The number of nitrogens with zero attached hydrogens (tertiary/aromatic N) is 3. The molecular weight excluding hydrogens is 345 g/mol. The Labute approximate surface area is 147 Å². The van der Waals surface area contributed by atoms with Gasteiger partial charge in [-0.05, 0) is 23.1 Å². The number of thiophene rings is 1. The van der Waals surface area contributed by atoms with Gasteiger partial charge in [-0.1, -0.05) is 0 Å². The second kappa shape index (κ2) is 7.95. The van der Waals surface area contributed by atoms with Gasteiger partial charge in [-0.2, -0.15) is 0 Å². The topological polar surface area (TPSA) is 89.0 Å². The van der Waals surface area contributed by atoms with Crippen molar-refractivity contribution in [3.63, 3.8) is 0 Å². The highest BCUT2D eigenvalue weighted by Crippen LogP contribution is 2.23. The molecule has 0 atom stereocenters. The Hall–Kier alpha value is -2.65. The summed E-state index contributed by atoms with van der Waals surface area (Å²) in [5, 5.41) is 7.61. The lowest BCUT2D eigenvalue weighted by molar-refractivity contribution is 0.0934. The van der Waals surface area contributed by atoms with Gasteiger partial charge in [0.15, 0.2) is 5.69 Å². The third kappa shape index (κ3) is 4.25. The molecule has 0 saturated carbocycles. The van der Waals surface area contributed by atoms with Crippen LogP contribution in [0.2, 0.25) is 0 Å². The fraction of sp³-hybridized carbons (Fsp3) is 0.250. The van der Waals surface area contributed by atoms with Gasteiger partial charge in [0.2, 0.25) is 5.95 Å². The van der Waals surface area contributed by atoms with Crippen LogP contribution < -0.4 is 10.6 Å². The molecule has 7 nitrogen and oxygen atoms in total. The zero-order chi connectivity index (χ0) is 17.6. The molecule has 0 aromatic carbocycles. The molecule has 1 amide bonds. The maximum absolute atomic E-state index is 13.2. The van der Waals surface area contributed by atoms with E-state index in [1.54, 1.807) is 13.3 Å². The SMILES string of the molecule is COCCNC(=O)c1nc(NCc2cncc(F)c2)nc2ccsc12. The molecule has 0 spiro atoms. The average Bonchev–Trinajstić information content (AvgIpc) is 3.08. The number of aromatic nitrogens is 3. The minimum absolute atomic E-state index is 0.289. The Morgan fingerprint density at radius 3 is 3.04 bits per heavy atom. The molecule has 3 aromatic heterocycles. The maximum Gasteiger partial charge on any atom is 0.271 e. The molecule has 0 aliphatic carbocycles. The molecule has 130 valence electrons. The highest BCUT2D eigenvalue weighted by Gasteiger charge is 2.16. The zero-order valence-electron chi connectivity index (χ0n) is 13.5. The van der Waals surface area contributed by atoms with Crippen LogP contribution in [0.3, 0.4) is 0 Å². The van der Waals surface area contributed by atoms with Crippen LogP contribution in [0.4, 0.5) is 10.3 Å². The summed E-state index contributed by atoms with van der Waals surface area (Å²) < 4.78 is 18.8. The Morgan fingerprint density at radius 1 is 1.36 bits per heavy atom. The number of nitrogens with one attached hydrogen (secondary N) is 2. The van der Waals surface area contributed by atoms with Crippen molar-refractivity contribution in [2.24, 2.45) is 0 Å². The maximum atomic E-state index is 13.2. The molecule has 9 heteroatoms. The number of fused-ring (bicyclic) bond motifs is 1. The molecule has 0 aliphatic rings. The van der Waals surface area contributed by atoms with Crippen LogP contribution in [-0.4, -0.2) is 41.1 Å². The van der Waals surface area contributed by atoms with Gasteiger partial charge >= 0.3 is 0 Å². The van der Waals surface area contributed by atoms with Gasteiger partial charge in [-0.15, -0.1) is 11.3 Å². The molecule has 2 N–H and O–H groups in total. The Bertz CT molecular complexity index is 886. The van der Waals surface area contributed by atoms with E-state index in [1.165, 1.54) is 17.4 Å². The van der Waals surface area contributed by atoms with E-state index in [-0.39, 0.29) is 5.91 Å². The summed E-state index contributed by atoms with van der Waals surface area (Å²) in [5.41, 5.74) is 1.63. The van der Waals surface area contributed by atoms with Gasteiger partial charge in [0.05, 0.1) is 23.0 Å². The fourth-order valence-electron chi connectivity index (χ4n) is 2.18. The van der Waals surface area contributed by atoms with Crippen molar-refractivity contribution in [2.45, 2.75) is 6.54 Å². The summed E-state index contributed by atoms with van der Waals surface area (Å²) in [5.74, 6) is -0.402. The van der Waals surface area contributed by atoms with Crippen LogP contribution in [-0.2, 0) is 11.3 Å². The lowest BCUT2D eigenvalue weighted by Gasteiger charge is -2.09. The van der Waals surface area contributed by atoms with E-state index in [0.717, 1.165) is 6.20 Å². The monoisotopic (exact) mass is 361 g/mol. The summed E-state index contributed by atoms with van der Waals surface area (Å²) >= 11 is 1.40. The van der Waals surface area contributed by atoms with Crippen molar-refractivity contribution in [3.05, 3.63) is 47.0 Å². The van der Waals surface area contributed by atoms with Crippen molar-refractivity contribution in [3.8, 4) is 0 Å². The number of carbonyl (C=O) groups excluding carboxylic acids is 1. The lowest BCUT2D eigenvalue weighted by atomic mass is 10.3. The van der Waals surface area contributed by atoms with Gasteiger partial charge < -0.3 is 15.4 Å². The zero-order valence-corrected chi connectivity index (χ0v) is 14.3. The van der Waals surface area contributed by atoms with Crippen LogP contribution in [0.15, 0.2) is 29.9 Å². The van der Waals surface area contributed by atoms with E-state index >= 15 is 0 Å². The Balaban J connectivity index is 1.80. The molecule has 3 aromatic rings. The molecule has 0 saturated heterocycles. The Morgan fingerprint density at radius 2 is 2.24 bits per heavy atom. The summed E-state index contributed by atoms with van der Waals surface area (Å²) in [7, 11) is 1.57. The number of halogens is 1. The first kappa shape index (κ1) is 17.2. The number of hydrogen-bond donors (Lipinski definition) is 2. The van der Waals surface area contributed by atoms with E-state index < -0.39 is 5.82 Å². The highest BCUT2D eigenvalue weighted by atomic mass is 32.1. The first-order chi connectivity index (χ1) is 12.2. The number of methoxy groups -OCH3 is 1. The van der Waals surface area contributed by atoms with E-state index in [1.807, 2.05) is 11.4 Å². The predicted molar refractivity (Wildman–Crippen MR) is 93.1 cm³/mol. The van der Waals surface area contributed by atoms with Gasteiger partial charge in [-0.25, -0.2) is 14.4 Å². The van der Waals surface area contributed by atoms with Crippen molar-refractivity contribution < 1.29 is 13.9 Å². The first-order valence-electron chi connectivity index (χ1n) is 7.53. The summed E-state index contributed by atoms with van der Waals surface area (Å²) in [4.78, 5) is 24.9. The smallest absolute Gasteiger partial charge is 0.271 e. The molecule has 0 bridgehead atoms.